The molecule has 112 valence electrons. The van der Waals surface area contributed by atoms with Gasteiger partial charge in [-0.3, -0.25) is 4.79 Å². The van der Waals surface area contributed by atoms with Gasteiger partial charge >= 0.3 is 0 Å². The minimum absolute atomic E-state index is 0.0276. The zero-order chi connectivity index (χ0) is 15.4. The zero-order valence-electron chi connectivity index (χ0n) is 12.4. The Morgan fingerprint density at radius 1 is 1.35 bits per heavy atom. The zero-order valence-corrected chi connectivity index (χ0v) is 13.1. The van der Waals surface area contributed by atoms with Gasteiger partial charge in [-0.05, 0) is 31.9 Å². The number of hydrogen-bond acceptors (Lipinski definition) is 2. The van der Waals surface area contributed by atoms with Crippen LogP contribution < -0.4 is 5.73 Å². The second kappa shape index (κ2) is 7.04. The van der Waals surface area contributed by atoms with Crippen molar-refractivity contribution in [1.82, 2.24) is 4.90 Å². The highest BCUT2D eigenvalue weighted by Gasteiger charge is 2.26. The van der Waals surface area contributed by atoms with Crippen LogP contribution in [0, 0.1) is 11.7 Å². The van der Waals surface area contributed by atoms with E-state index in [1.54, 1.807) is 17.0 Å². The van der Waals surface area contributed by atoms with Gasteiger partial charge in [-0.25, -0.2) is 4.39 Å². The molecule has 5 heteroatoms. The Morgan fingerprint density at radius 3 is 2.40 bits per heavy atom. The maximum absolute atomic E-state index is 13.8. The lowest BCUT2D eigenvalue weighted by Crippen LogP contribution is -2.48. The quantitative estimate of drug-likeness (QED) is 0.907. The molecule has 0 saturated heterocycles. The molecule has 20 heavy (non-hydrogen) atoms. The van der Waals surface area contributed by atoms with E-state index in [2.05, 4.69) is 0 Å². The molecule has 1 atom stereocenters. The molecule has 1 amide bonds. The first-order valence-corrected chi connectivity index (χ1v) is 7.12. The number of carbonyl (C=O) groups is 1. The molecule has 1 aromatic rings. The van der Waals surface area contributed by atoms with Crippen molar-refractivity contribution in [3.8, 4) is 0 Å². The van der Waals surface area contributed by atoms with Gasteiger partial charge in [0, 0.05) is 16.6 Å². The molecule has 0 bridgehead atoms. The fourth-order valence-corrected chi connectivity index (χ4v) is 2.07. The van der Waals surface area contributed by atoms with Crippen LogP contribution in [0.5, 0.6) is 0 Å². The Morgan fingerprint density at radius 2 is 1.95 bits per heavy atom. The summed E-state index contributed by atoms with van der Waals surface area (Å²) in [4.78, 5) is 14.0. The summed E-state index contributed by atoms with van der Waals surface area (Å²) in [5.41, 5.74) is 6.24. The first-order valence-electron chi connectivity index (χ1n) is 6.74. The van der Waals surface area contributed by atoms with Crippen LogP contribution in [0.3, 0.4) is 0 Å². The fraction of sp³-hybridized carbons (Fsp3) is 0.533. The van der Waals surface area contributed by atoms with Crippen molar-refractivity contribution in [3.05, 3.63) is 34.6 Å². The van der Waals surface area contributed by atoms with Crippen LogP contribution in [0.4, 0.5) is 4.39 Å². The molecular formula is C15H22ClFN2O. The van der Waals surface area contributed by atoms with Crippen molar-refractivity contribution >= 4 is 17.5 Å². The number of carbonyl (C=O) groups excluding carboxylic acids is 1. The Bertz CT molecular complexity index is 457. The van der Waals surface area contributed by atoms with Gasteiger partial charge in [-0.2, -0.15) is 0 Å². The van der Waals surface area contributed by atoms with Gasteiger partial charge in [0.2, 0.25) is 5.91 Å². The highest BCUT2D eigenvalue weighted by molar-refractivity contribution is 6.31. The largest absolute Gasteiger partial charge is 0.334 e. The molecular weight excluding hydrogens is 279 g/mol. The molecule has 0 saturated carbocycles. The molecule has 0 aliphatic carbocycles. The van der Waals surface area contributed by atoms with E-state index in [4.69, 9.17) is 17.3 Å². The molecule has 0 spiro atoms. The Kier molecular flexibility index (Phi) is 5.96. The predicted molar refractivity (Wildman–Crippen MR) is 79.9 cm³/mol. The van der Waals surface area contributed by atoms with Crippen LogP contribution in [0.25, 0.3) is 0 Å². The first kappa shape index (κ1) is 16.9. The summed E-state index contributed by atoms with van der Waals surface area (Å²) >= 11 is 6.02. The number of rotatable bonds is 5. The molecule has 0 heterocycles. The van der Waals surface area contributed by atoms with Gasteiger partial charge < -0.3 is 10.6 Å². The van der Waals surface area contributed by atoms with Crippen molar-refractivity contribution in [2.45, 2.75) is 46.3 Å². The van der Waals surface area contributed by atoms with Crippen molar-refractivity contribution in [3.63, 3.8) is 0 Å². The normalized spacial score (nSPS) is 12.8. The summed E-state index contributed by atoms with van der Waals surface area (Å²) in [6.45, 7) is 7.65. The third-order valence-corrected chi connectivity index (χ3v) is 3.65. The second-order valence-corrected chi connectivity index (χ2v) is 5.94. The number of nitrogens with two attached hydrogens (primary N) is 1. The Hall–Kier alpha value is -1.13. The number of nitrogens with zero attached hydrogens (tertiary/aromatic N) is 1. The van der Waals surface area contributed by atoms with Crippen LogP contribution >= 0.6 is 11.6 Å². The van der Waals surface area contributed by atoms with Crippen LogP contribution in [0.1, 0.15) is 33.3 Å². The van der Waals surface area contributed by atoms with Crippen molar-refractivity contribution < 1.29 is 9.18 Å². The van der Waals surface area contributed by atoms with Crippen LogP contribution in [0.2, 0.25) is 5.02 Å². The lowest BCUT2D eigenvalue weighted by atomic mass is 10.0. The van der Waals surface area contributed by atoms with Crippen LogP contribution in [-0.4, -0.2) is 22.9 Å². The summed E-state index contributed by atoms with van der Waals surface area (Å²) in [7, 11) is 0. The Balaban J connectivity index is 3.02. The number of benzene rings is 1. The number of hydrogen-bond donors (Lipinski definition) is 1. The van der Waals surface area contributed by atoms with E-state index in [-0.39, 0.29) is 24.4 Å². The van der Waals surface area contributed by atoms with Crippen LogP contribution in [0.15, 0.2) is 18.2 Å². The molecule has 0 fully saturated rings. The molecule has 0 unspecified atom stereocenters. The molecule has 3 nitrogen and oxygen atoms in total. The lowest BCUT2D eigenvalue weighted by molar-refractivity contribution is -0.136. The first-order chi connectivity index (χ1) is 9.25. The van der Waals surface area contributed by atoms with E-state index in [0.717, 1.165) is 0 Å². The van der Waals surface area contributed by atoms with Gasteiger partial charge in [-0.15, -0.1) is 0 Å². The molecule has 0 aliphatic rings. The van der Waals surface area contributed by atoms with Gasteiger partial charge in [0.05, 0.1) is 12.6 Å². The fourth-order valence-electron chi connectivity index (χ4n) is 1.85. The second-order valence-electron chi connectivity index (χ2n) is 5.53. The highest BCUT2D eigenvalue weighted by Crippen LogP contribution is 2.22. The van der Waals surface area contributed by atoms with Gasteiger partial charge in [0.15, 0.2) is 0 Å². The third-order valence-electron chi connectivity index (χ3n) is 3.30. The Labute approximate surface area is 124 Å². The molecule has 0 radical (unpaired) electrons. The van der Waals surface area contributed by atoms with E-state index in [1.807, 2.05) is 27.7 Å². The molecule has 1 aromatic carbocycles. The summed E-state index contributed by atoms with van der Waals surface area (Å²) in [5, 5.41) is 0.321. The van der Waals surface area contributed by atoms with E-state index in [0.29, 0.717) is 10.6 Å². The van der Waals surface area contributed by atoms with Crippen molar-refractivity contribution in [1.29, 1.82) is 0 Å². The van der Waals surface area contributed by atoms with Crippen molar-refractivity contribution in [2.75, 3.05) is 0 Å². The highest BCUT2D eigenvalue weighted by atomic mass is 35.5. The standard InChI is InChI=1S/C15H22ClFN2O/c1-9(2)14(18)15(20)19(10(3)4)8-11-12(16)6-5-7-13(11)17/h5-7,9-10,14H,8,18H2,1-4H3/t14-/m0/s1. The summed E-state index contributed by atoms with van der Waals surface area (Å²) in [6, 6.07) is 3.83. The predicted octanol–water partition coefficient (Wildman–Crippen LogP) is 3.20. The maximum Gasteiger partial charge on any atom is 0.240 e. The van der Waals surface area contributed by atoms with E-state index >= 15 is 0 Å². The molecule has 0 aliphatic heterocycles. The molecule has 2 N–H and O–H groups in total. The van der Waals surface area contributed by atoms with E-state index < -0.39 is 11.9 Å². The minimum atomic E-state index is -0.594. The summed E-state index contributed by atoms with van der Waals surface area (Å²) < 4.78 is 13.8. The van der Waals surface area contributed by atoms with Crippen molar-refractivity contribution in [2.24, 2.45) is 11.7 Å². The van der Waals surface area contributed by atoms with E-state index in [1.165, 1.54) is 6.07 Å². The summed E-state index contributed by atoms with van der Waals surface area (Å²) in [5.74, 6) is -0.566. The maximum atomic E-state index is 13.8. The number of amides is 1. The van der Waals surface area contributed by atoms with E-state index in [9.17, 15) is 9.18 Å². The third kappa shape index (κ3) is 3.93. The SMILES string of the molecule is CC(C)[C@H](N)C(=O)N(Cc1c(F)cccc1Cl)C(C)C. The van der Waals surface area contributed by atoms with Crippen LogP contribution in [-0.2, 0) is 11.3 Å². The monoisotopic (exact) mass is 300 g/mol. The minimum Gasteiger partial charge on any atom is -0.334 e. The summed E-state index contributed by atoms with van der Waals surface area (Å²) in [6.07, 6.45) is 0. The smallest absolute Gasteiger partial charge is 0.240 e. The van der Waals surface area contributed by atoms with Gasteiger partial charge in [0.1, 0.15) is 5.82 Å². The lowest BCUT2D eigenvalue weighted by Gasteiger charge is -2.31. The van der Waals surface area contributed by atoms with Gasteiger partial charge in [0.25, 0.3) is 0 Å². The average Bonchev–Trinajstić information content (AvgIpc) is 2.36. The van der Waals surface area contributed by atoms with Gasteiger partial charge in [-0.1, -0.05) is 31.5 Å². The molecule has 0 aromatic heterocycles. The number of halogens is 2. The average molecular weight is 301 g/mol. The topological polar surface area (TPSA) is 46.3 Å². The molecule has 1 rings (SSSR count).